The molecule has 2 aromatic rings. The molecular weight excluding hydrogens is 400 g/mol. The summed E-state index contributed by atoms with van der Waals surface area (Å²) in [4.78, 5) is 12.8. The predicted molar refractivity (Wildman–Crippen MR) is 111 cm³/mol. The number of anilines is 1. The number of carbonyl (C=O) groups is 1. The van der Waals surface area contributed by atoms with Crippen LogP contribution in [0, 0.1) is 13.8 Å². The van der Waals surface area contributed by atoms with Crippen LogP contribution in [0.3, 0.4) is 0 Å². The van der Waals surface area contributed by atoms with Crippen LogP contribution in [0.4, 0.5) is 5.69 Å². The normalized spacial score (nSPS) is 17.5. The Morgan fingerprint density at radius 3 is 2.61 bits per heavy atom. The summed E-state index contributed by atoms with van der Waals surface area (Å²) in [6.07, 6.45) is 0.132. The Hall–Kier alpha value is -2.25. The van der Waals surface area contributed by atoms with Crippen molar-refractivity contribution in [1.29, 1.82) is 0 Å². The van der Waals surface area contributed by atoms with Crippen LogP contribution in [0.5, 0.6) is 5.75 Å². The lowest BCUT2D eigenvalue weighted by Crippen LogP contribution is -2.50. The van der Waals surface area contributed by atoms with Crippen LogP contribution in [0.25, 0.3) is 0 Å². The Morgan fingerprint density at radius 2 is 1.96 bits per heavy atom. The van der Waals surface area contributed by atoms with Crippen molar-refractivity contribution >= 4 is 33.2 Å². The Bertz CT molecular complexity index is 1020. The minimum atomic E-state index is -3.60. The first kappa shape index (κ1) is 20.5. The fourth-order valence-electron chi connectivity index (χ4n) is 3.37. The summed E-state index contributed by atoms with van der Waals surface area (Å²) < 4.78 is 31.4. The number of hydrogen-bond acceptors (Lipinski definition) is 4. The third-order valence-electron chi connectivity index (χ3n) is 4.73. The SMILES string of the molecule is Cc1ccc([C@H](C)NC(=O)[C@H]2CN(S(C)(=O)=O)c3cc(Cl)ccc3O2)c(C)c1. The van der Waals surface area contributed by atoms with Crippen molar-refractivity contribution in [2.45, 2.75) is 32.9 Å². The van der Waals surface area contributed by atoms with E-state index < -0.39 is 16.1 Å². The van der Waals surface area contributed by atoms with Crippen LogP contribution in [0.2, 0.25) is 5.02 Å². The van der Waals surface area contributed by atoms with E-state index in [1.54, 1.807) is 12.1 Å². The first-order valence-electron chi connectivity index (χ1n) is 8.87. The van der Waals surface area contributed by atoms with Crippen LogP contribution in [-0.2, 0) is 14.8 Å². The van der Waals surface area contributed by atoms with Gasteiger partial charge >= 0.3 is 0 Å². The van der Waals surface area contributed by atoms with Gasteiger partial charge in [0.2, 0.25) is 10.0 Å². The third kappa shape index (κ3) is 4.25. The molecule has 0 bridgehead atoms. The Kier molecular flexibility index (Phi) is 5.59. The highest BCUT2D eigenvalue weighted by Gasteiger charge is 2.35. The summed E-state index contributed by atoms with van der Waals surface area (Å²) in [5.74, 6) is -0.0675. The van der Waals surface area contributed by atoms with Crippen LogP contribution in [0.15, 0.2) is 36.4 Å². The van der Waals surface area contributed by atoms with E-state index in [4.69, 9.17) is 16.3 Å². The summed E-state index contributed by atoms with van der Waals surface area (Å²) in [5, 5.41) is 3.32. The molecule has 8 heteroatoms. The van der Waals surface area contributed by atoms with Crippen molar-refractivity contribution in [2.75, 3.05) is 17.1 Å². The van der Waals surface area contributed by atoms with Gasteiger partial charge in [0.1, 0.15) is 5.75 Å². The number of sulfonamides is 1. The van der Waals surface area contributed by atoms with Gasteiger partial charge in [-0.1, -0.05) is 35.4 Å². The molecule has 0 spiro atoms. The van der Waals surface area contributed by atoms with Crippen LogP contribution in [0.1, 0.15) is 29.7 Å². The van der Waals surface area contributed by atoms with Gasteiger partial charge in [-0.3, -0.25) is 9.10 Å². The zero-order chi connectivity index (χ0) is 20.6. The molecule has 0 unspecified atom stereocenters. The van der Waals surface area contributed by atoms with E-state index in [-0.39, 0.29) is 18.5 Å². The Labute approximate surface area is 170 Å². The number of amides is 1. The molecular formula is C20H23ClN2O4S. The molecule has 3 rings (SSSR count). The average Bonchev–Trinajstić information content (AvgIpc) is 2.59. The van der Waals surface area contributed by atoms with Gasteiger partial charge in [0, 0.05) is 5.02 Å². The fourth-order valence-corrected chi connectivity index (χ4v) is 4.44. The van der Waals surface area contributed by atoms with Crippen molar-refractivity contribution in [1.82, 2.24) is 5.32 Å². The molecule has 1 heterocycles. The molecule has 28 heavy (non-hydrogen) atoms. The molecule has 0 radical (unpaired) electrons. The van der Waals surface area contributed by atoms with Gasteiger partial charge in [0.15, 0.2) is 6.10 Å². The van der Waals surface area contributed by atoms with Crippen molar-refractivity contribution < 1.29 is 17.9 Å². The monoisotopic (exact) mass is 422 g/mol. The number of carbonyl (C=O) groups excluding carboxylic acids is 1. The first-order valence-corrected chi connectivity index (χ1v) is 11.1. The van der Waals surface area contributed by atoms with Crippen molar-refractivity contribution in [2.24, 2.45) is 0 Å². The molecule has 0 aliphatic carbocycles. The number of hydrogen-bond donors (Lipinski definition) is 1. The van der Waals surface area contributed by atoms with Crippen LogP contribution < -0.4 is 14.4 Å². The van der Waals surface area contributed by atoms with E-state index >= 15 is 0 Å². The van der Waals surface area contributed by atoms with Gasteiger partial charge < -0.3 is 10.1 Å². The van der Waals surface area contributed by atoms with E-state index in [1.165, 1.54) is 6.07 Å². The molecule has 1 amide bonds. The molecule has 0 aromatic heterocycles. The zero-order valence-corrected chi connectivity index (χ0v) is 17.8. The fraction of sp³-hybridized carbons (Fsp3) is 0.350. The quantitative estimate of drug-likeness (QED) is 0.819. The maximum atomic E-state index is 12.8. The smallest absolute Gasteiger partial charge is 0.263 e. The van der Waals surface area contributed by atoms with Crippen LogP contribution >= 0.6 is 11.6 Å². The van der Waals surface area contributed by atoms with Gasteiger partial charge in [0.25, 0.3) is 5.91 Å². The number of benzene rings is 2. The summed E-state index contributed by atoms with van der Waals surface area (Å²) in [6.45, 7) is 5.78. The second kappa shape index (κ2) is 7.64. The van der Waals surface area contributed by atoms with Gasteiger partial charge in [-0.2, -0.15) is 0 Å². The lowest BCUT2D eigenvalue weighted by molar-refractivity contribution is -0.128. The topological polar surface area (TPSA) is 75.7 Å². The van der Waals surface area contributed by atoms with Gasteiger partial charge in [-0.05, 0) is 50.1 Å². The number of halogens is 1. The van der Waals surface area contributed by atoms with Gasteiger partial charge in [0.05, 0.1) is 24.5 Å². The molecule has 6 nitrogen and oxygen atoms in total. The summed E-state index contributed by atoms with van der Waals surface area (Å²) in [6, 6.07) is 10.5. The van der Waals surface area contributed by atoms with E-state index in [0.29, 0.717) is 16.5 Å². The van der Waals surface area contributed by atoms with Gasteiger partial charge in [-0.25, -0.2) is 8.42 Å². The van der Waals surface area contributed by atoms with Crippen molar-refractivity contribution in [3.63, 3.8) is 0 Å². The minimum Gasteiger partial charge on any atom is -0.476 e. The average molecular weight is 423 g/mol. The predicted octanol–water partition coefficient (Wildman–Crippen LogP) is 3.36. The molecule has 1 N–H and O–H groups in total. The lowest BCUT2D eigenvalue weighted by atomic mass is 10.00. The molecule has 0 fully saturated rings. The largest absolute Gasteiger partial charge is 0.476 e. The number of ether oxygens (including phenoxy) is 1. The third-order valence-corrected chi connectivity index (χ3v) is 6.12. The first-order chi connectivity index (χ1) is 13.1. The van der Waals surface area contributed by atoms with Gasteiger partial charge in [-0.15, -0.1) is 0 Å². The maximum Gasteiger partial charge on any atom is 0.263 e. The molecule has 1 aliphatic rings. The highest BCUT2D eigenvalue weighted by atomic mass is 35.5. The van der Waals surface area contributed by atoms with Crippen LogP contribution in [-0.4, -0.2) is 33.2 Å². The standard InChI is InChI=1S/C20H23ClN2O4S/c1-12-5-7-16(13(2)9-12)14(3)22-20(24)19-11-23(28(4,25)26)17-10-15(21)6-8-18(17)27-19/h5-10,14,19H,11H2,1-4H3,(H,22,24)/t14-,19+/m0/s1. The Balaban J connectivity index is 1.83. The number of nitrogens with one attached hydrogen (secondary N) is 1. The summed E-state index contributed by atoms with van der Waals surface area (Å²) in [7, 11) is -3.60. The van der Waals surface area contributed by atoms with E-state index in [1.807, 2.05) is 32.9 Å². The lowest BCUT2D eigenvalue weighted by Gasteiger charge is -2.34. The number of fused-ring (bicyclic) bond motifs is 1. The zero-order valence-electron chi connectivity index (χ0n) is 16.2. The molecule has 0 saturated heterocycles. The molecule has 2 atom stereocenters. The minimum absolute atomic E-state index is 0.113. The van der Waals surface area contributed by atoms with Crippen molar-refractivity contribution in [3.05, 3.63) is 58.1 Å². The van der Waals surface area contributed by atoms with Crippen molar-refractivity contribution in [3.8, 4) is 5.75 Å². The second-order valence-electron chi connectivity index (χ2n) is 7.10. The highest BCUT2D eigenvalue weighted by Crippen LogP contribution is 2.37. The molecule has 1 aliphatic heterocycles. The highest BCUT2D eigenvalue weighted by molar-refractivity contribution is 7.92. The second-order valence-corrected chi connectivity index (χ2v) is 9.45. The maximum absolute atomic E-state index is 12.8. The van der Waals surface area contributed by atoms with E-state index in [2.05, 4.69) is 11.4 Å². The Morgan fingerprint density at radius 1 is 1.25 bits per heavy atom. The summed E-state index contributed by atoms with van der Waals surface area (Å²) in [5.41, 5.74) is 3.56. The van der Waals surface area contributed by atoms with E-state index in [9.17, 15) is 13.2 Å². The molecule has 2 aromatic carbocycles. The summed E-state index contributed by atoms with van der Waals surface area (Å²) >= 11 is 6.00. The number of rotatable bonds is 4. The number of aryl methyl sites for hydroxylation is 2. The number of nitrogens with zero attached hydrogens (tertiary/aromatic N) is 1. The van der Waals surface area contributed by atoms with E-state index in [0.717, 1.165) is 27.3 Å². The molecule has 150 valence electrons. The molecule has 0 saturated carbocycles.